The molecule has 1 rings (SSSR count). The monoisotopic (exact) mass is 226 g/mol. The maximum absolute atomic E-state index is 11.8. The van der Waals surface area contributed by atoms with Gasteiger partial charge in [0.25, 0.3) is 5.91 Å². The fourth-order valence-electron chi connectivity index (χ4n) is 1.45. The minimum Gasteiger partial charge on any atom is -0.396 e. The number of aliphatic hydroxyl groups is 1. The summed E-state index contributed by atoms with van der Waals surface area (Å²) >= 11 is 0. The van der Waals surface area contributed by atoms with Gasteiger partial charge >= 0.3 is 0 Å². The average molecular weight is 226 g/mol. The van der Waals surface area contributed by atoms with Gasteiger partial charge in [0.05, 0.1) is 6.20 Å². The Hall–Kier alpha value is -1.36. The molecule has 1 atom stereocenters. The molecule has 0 aliphatic carbocycles. The smallest absolute Gasteiger partial charge is 0.290 e. The quantitative estimate of drug-likeness (QED) is 0.789. The van der Waals surface area contributed by atoms with E-state index in [0.717, 1.165) is 0 Å². The zero-order chi connectivity index (χ0) is 12.1. The molecule has 0 saturated carbocycles. The molecule has 5 nitrogen and oxygen atoms in total. The van der Waals surface area contributed by atoms with Crippen LogP contribution in [0.3, 0.4) is 0 Å². The Bertz CT molecular complexity index is 347. The minimum absolute atomic E-state index is 0.0537. The van der Waals surface area contributed by atoms with Crippen molar-refractivity contribution in [3.05, 3.63) is 17.5 Å². The summed E-state index contributed by atoms with van der Waals surface area (Å²) in [6.45, 7) is 5.81. The first-order chi connectivity index (χ1) is 7.56. The minimum atomic E-state index is -0.276. The molecule has 1 unspecified atom stereocenters. The molecule has 1 aromatic rings. The molecule has 0 fully saturated rings. The van der Waals surface area contributed by atoms with Crippen LogP contribution in [0.1, 0.15) is 36.4 Å². The highest BCUT2D eigenvalue weighted by Gasteiger charge is 2.20. The summed E-state index contributed by atoms with van der Waals surface area (Å²) in [5, 5.41) is 15.3. The highest BCUT2D eigenvalue weighted by molar-refractivity contribution is 5.92. The SMILES string of the molecule is Cc1cnoc1C(=O)NC(CCO)C(C)C. The van der Waals surface area contributed by atoms with Gasteiger partial charge in [0.2, 0.25) is 5.76 Å². The summed E-state index contributed by atoms with van der Waals surface area (Å²) in [6, 6.07) is -0.0537. The van der Waals surface area contributed by atoms with E-state index >= 15 is 0 Å². The Morgan fingerprint density at radius 1 is 1.62 bits per heavy atom. The van der Waals surface area contributed by atoms with Gasteiger partial charge in [-0.05, 0) is 19.3 Å². The van der Waals surface area contributed by atoms with Gasteiger partial charge in [-0.2, -0.15) is 0 Å². The van der Waals surface area contributed by atoms with Crippen molar-refractivity contribution in [1.82, 2.24) is 10.5 Å². The van der Waals surface area contributed by atoms with E-state index in [1.165, 1.54) is 6.20 Å². The molecule has 16 heavy (non-hydrogen) atoms. The standard InChI is InChI=1S/C11H18N2O3/c1-7(2)9(4-5-14)13-11(15)10-8(3)6-12-16-10/h6-7,9,14H,4-5H2,1-3H3,(H,13,15). The molecule has 0 aromatic carbocycles. The van der Waals surface area contributed by atoms with Gasteiger partial charge in [-0.3, -0.25) is 4.79 Å². The van der Waals surface area contributed by atoms with E-state index in [0.29, 0.717) is 12.0 Å². The maximum Gasteiger partial charge on any atom is 0.290 e. The molecule has 5 heteroatoms. The number of nitrogens with one attached hydrogen (secondary N) is 1. The first-order valence-electron chi connectivity index (χ1n) is 5.39. The Kier molecular flexibility index (Phi) is 4.49. The third-order valence-electron chi connectivity index (χ3n) is 2.52. The van der Waals surface area contributed by atoms with Gasteiger partial charge < -0.3 is 14.9 Å². The van der Waals surface area contributed by atoms with Crippen LogP contribution in [0.15, 0.2) is 10.7 Å². The van der Waals surface area contributed by atoms with Gasteiger partial charge in [-0.1, -0.05) is 19.0 Å². The lowest BCUT2D eigenvalue weighted by molar-refractivity contribution is 0.0878. The van der Waals surface area contributed by atoms with Crippen LogP contribution in [0.25, 0.3) is 0 Å². The number of aromatic nitrogens is 1. The molecule has 1 amide bonds. The van der Waals surface area contributed by atoms with Crippen molar-refractivity contribution in [2.75, 3.05) is 6.61 Å². The Morgan fingerprint density at radius 2 is 2.31 bits per heavy atom. The Morgan fingerprint density at radius 3 is 2.75 bits per heavy atom. The van der Waals surface area contributed by atoms with Crippen molar-refractivity contribution >= 4 is 5.91 Å². The van der Waals surface area contributed by atoms with E-state index in [1.54, 1.807) is 6.92 Å². The van der Waals surface area contributed by atoms with Crippen LogP contribution in [0, 0.1) is 12.8 Å². The van der Waals surface area contributed by atoms with Gasteiger partial charge in [0.1, 0.15) is 0 Å². The number of amides is 1. The Labute approximate surface area is 94.8 Å². The van der Waals surface area contributed by atoms with Crippen LogP contribution < -0.4 is 5.32 Å². The van der Waals surface area contributed by atoms with E-state index in [-0.39, 0.29) is 30.2 Å². The maximum atomic E-state index is 11.8. The van der Waals surface area contributed by atoms with E-state index in [4.69, 9.17) is 9.63 Å². The zero-order valence-corrected chi connectivity index (χ0v) is 9.86. The molecule has 1 aromatic heterocycles. The summed E-state index contributed by atoms with van der Waals surface area (Å²) < 4.78 is 4.86. The molecule has 0 aliphatic rings. The first kappa shape index (κ1) is 12.7. The molecule has 90 valence electrons. The second kappa shape index (κ2) is 5.65. The number of nitrogens with zero attached hydrogens (tertiary/aromatic N) is 1. The fraction of sp³-hybridized carbons (Fsp3) is 0.636. The number of carbonyl (C=O) groups excluding carboxylic acids is 1. The normalized spacial score (nSPS) is 12.8. The van der Waals surface area contributed by atoms with Crippen molar-refractivity contribution in [2.24, 2.45) is 5.92 Å². The molecule has 1 heterocycles. The molecule has 0 spiro atoms. The van der Waals surface area contributed by atoms with Crippen molar-refractivity contribution in [3.8, 4) is 0 Å². The lowest BCUT2D eigenvalue weighted by Crippen LogP contribution is -2.39. The highest BCUT2D eigenvalue weighted by atomic mass is 16.5. The molecular formula is C11H18N2O3. The lowest BCUT2D eigenvalue weighted by atomic mass is 10.0. The van der Waals surface area contributed by atoms with Gasteiger partial charge in [-0.25, -0.2) is 0 Å². The number of rotatable bonds is 5. The molecule has 0 bridgehead atoms. The van der Waals surface area contributed by atoms with Crippen molar-refractivity contribution in [3.63, 3.8) is 0 Å². The first-order valence-corrected chi connectivity index (χ1v) is 5.39. The van der Waals surface area contributed by atoms with Crippen molar-refractivity contribution < 1.29 is 14.4 Å². The van der Waals surface area contributed by atoms with Crippen LogP contribution in [-0.4, -0.2) is 28.8 Å². The molecule has 0 aliphatic heterocycles. The van der Waals surface area contributed by atoms with Crippen molar-refractivity contribution in [1.29, 1.82) is 0 Å². The number of hydrogen-bond donors (Lipinski definition) is 2. The molecule has 2 N–H and O–H groups in total. The van der Waals surface area contributed by atoms with Gasteiger partial charge in [0.15, 0.2) is 0 Å². The number of hydrogen-bond acceptors (Lipinski definition) is 4. The van der Waals surface area contributed by atoms with Crippen LogP contribution in [0.4, 0.5) is 0 Å². The predicted octanol–water partition coefficient (Wildman–Crippen LogP) is 1.12. The summed E-state index contributed by atoms with van der Waals surface area (Å²) in [7, 11) is 0. The molecule has 0 radical (unpaired) electrons. The molecule has 0 saturated heterocycles. The third kappa shape index (κ3) is 3.06. The van der Waals surface area contributed by atoms with Crippen LogP contribution in [0.2, 0.25) is 0 Å². The van der Waals surface area contributed by atoms with E-state index < -0.39 is 0 Å². The largest absolute Gasteiger partial charge is 0.396 e. The number of carbonyl (C=O) groups is 1. The Balaban J connectivity index is 2.65. The van der Waals surface area contributed by atoms with Crippen molar-refractivity contribution in [2.45, 2.75) is 33.2 Å². The van der Waals surface area contributed by atoms with E-state index in [1.807, 2.05) is 13.8 Å². The summed E-state index contributed by atoms with van der Waals surface area (Å²) in [4.78, 5) is 11.8. The lowest BCUT2D eigenvalue weighted by Gasteiger charge is -2.20. The molecular weight excluding hydrogens is 208 g/mol. The van der Waals surface area contributed by atoms with Crippen LogP contribution in [0.5, 0.6) is 0 Å². The van der Waals surface area contributed by atoms with Gasteiger partial charge in [-0.15, -0.1) is 0 Å². The second-order valence-electron chi connectivity index (χ2n) is 4.17. The third-order valence-corrected chi connectivity index (χ3v) is 2.52. The summed E-state index contributed by atoms with van der Waals surface area (Å²) in [5.74, 6) is 0.227. The summed E-state index contributed by atoms with van der Waals surface area (Å²) in [5.41, 5.74) is 0.712. The van der Waals surface area contributed by atoms with Gasteiger partial charge in [0, 0.05) is 18.2 Å². The van der Waals surface area contributed by atoms with Crippen LogP contribution >= 0.6 is 0 Å². The highest BCUT2D eigenvalue weighted by Crippen LogP contribution is 2.10. The number of aliphatic hydroxyl groups excluding tert-OH is 1. The predicted molar refractivity (Wildman–Crippen MR) is 59.0 cm³/mol. The average Bonchev–Trinajstić information content (AvgIpc) is 2.63. The topological polar surface area (TPSA) is 75.4 Å². The van der Waals surface area contributed by atoms with E-state index in [9.17, 15) is 4.79 Å². The zero-order valence-electron chi connectivity index (χ0n) is 9.86. The van der Waals surface area contributed by atoms with E-state index in [2.05, 4.69) is 10.5 Å². The number of aryl methyl sites for hydroxylation is 1. The second-order valence-corrected chi connectivity index (χ2v) is 4.17. The van der Waals surface area contributed by atoms with Crippen LogP contribution in [-0.2, 0) is 0 Å². The summed E-state index contributed by atoms with van der Waals surface area (Å²) in [6.07, 6.45) is 2.04. The fourth-order valence-corrected chi connectivity index (χ4v) is 1.45.